The molecule has 3 rings (SSSR count). The van der Waals surface area contributed by atoms with E-state index in [9.17, 15) is 5.11 Å². The largest absolute Gasteiger partial charge is 0.493 e. The Balaban J connectivity index is 2.03. The molecule has 5 atom stereocenters. The van der Waals surface area contributed by atoms with Crippen molar-refractivity contribution >= 4 is 11.6 Å². The molecule has 2 aromatic rings. The Labute approximate surface area is 247 Å². The maximum absolute atomic E-state index is 11.4. The number of hydrogen-bond donors (Lipinski definition) is 3. The van der Waals surface area contributed by atoms with E-state index >= 15 is 0 Å². The monoisotopic (exact) mass is 564 g/mol. The van der Waals surface area contributed by atoms with Crippen LogP contribution < -0.4 is 15.4 Å². The number of halogens is 1. The summed E-state index contributed by atoms with van der Waals surface area (Å²) >= 11 is 6.38. The molecule has 0 radical (unpaired) electrons. The highest BCUT2D eigenvalue weighted by Gasteiger charge is 2.31. The molecule has 0 fully saturated rings. The molecular formula is C35H49ClN2O2. The van der Waals surface area contributed by atoms with Crippen molar-refractivity contribution in [2.24, 2.45) is 5.92 Å². The van der Waals surface area contributed by atoms with Gasteiger partial charge < -0.3 is 20.5 Å². The van der Waals surface area contributed by atoms with E-state index in [0.717, 1.165) is 72.8 Å². The van der Waals surface area contributed by atoms with Gasteiger partial charge in [-0.25, -0.2) is 0 Å². The molecule has 1 heterocycles. The van der Waals surface area contributed by atoms with Crippen LogP contribution in [0.2, 0.25) is 5.02 Å². The van der Waals surface area contributed by atoms with Crippen LogP contribution in [0.5, 0.6) is 5.75 Å². The summed E-state index contributed by atoms with van der Waals surface area (Å²) in [6, 6.07) is 12.8. The Morgan fingerprint density at radius 3 is 2.67 bits per heavy atom. The summed E-state index contributed by atoms with van der Waals surface area (Å²) in [4.78, 5) is 0. The zero-order chi connectivity index (χ0) is 29.1. The summed E-state index contributed by atoms with van der Waals surface area (Å²) in [5.74, 6) is 1.25. The minimum Gasteiger partial charge on any atom is -0.493 e. The molecule has 1 aliphatic rings. The lowest BCUT2D eigenvalue weighted by Crippen LogP contribution is -2.34. The topological polar surface area (TPSA) is 53.5 Å². The van der Waals surface area contributed by atoms with Crippen molar-refractivity contribution in [1.29, 1.82) is 0 Å². The Kier molecular flexibility index (Phi) is 13.0. The third kappa shape index (κ3) is 8.33. The molecule has 5 unspecified atom stereocenters. The van der Waals surface area contributed by atoms with Gasteiger partial charge in [0.2, 0.25) is 0 Å². The highest BCUT2D eigenvalue weighted by molar-refractivity contribution is 6.30. The fraction of sp³-hybridized carbons (Fsp3) is 0.486. The first-order valence-electron chi connectivity index (χ1n) is 14.9. The highest BCUT2D eigenvalue weighted by Crippen LogP contribution is 2.40. The molecule has 0 aliphatic carbocycles. The zero-order valence-corrected chi connectivity index (χ0v) is 25.6. The lowest BCUT2D eigenvalue weighted by molar-refractivity contribution is 0.129. The first-order valence-corrected chi connectivity index (χ1v) is 15.2. The first kappa shape index (κ1) is 32.1. The van der Waals surface area contributed by atoms with Crippen molar-refractivity contribution in [3.8, 4) is 5.75 Å². The molecule has 2 aromatic carbocycles. The van der Waals surface area contributed by atoms with Crippen LogP contribution in [-0.2, 0) is 6.42 Å². The van der Waals surface area contributed by atoms with E-state index in [1.54, 1.807) is 0 Å². The predicted molar refractivity (Wildman–Crippen MR) is 171 cm³/mol. The highest BCUT2D eigenvalue weighted by atomic mass is 35.5. The number of ether oxygens (including phenoxy) is 1. The second-order valence-electron chi connectivity index (χ2n) is 11.1. The van der Waals surface area contributed by atoms with Gasteiger partial charge in [-0.1, -0.05) is 80.4 Å². The van der Waals surface area contributed by atoms with E-state index in [-0.39, 0.29) is 23.7 Å². The van der Waals surface area contributed by atoms with Crippen LogP contribution in [0.3, 0.4) is 0 Å². The average Bonchev–Trinajstić information content (AvgIpc) is 3.02. The molecule has 1 aliphatic heterocycles. The van der Waals surface area contributed by atoms with Gasteiger partial charge in [0.1, 0.15) is 5.75 Å². The van der Waals surface area contributed by atoms with E-state index in [4.69, 9.17) is 16.3 Å². The minimum absolute atomic E-state index is 0.0330. The fourth-order valence-electron chi connectivity index (χ4n) is 5.99. The molecular weight excluding hydrogens is 516 g/mol. The Bertz CT molecular complexity index is 1140. The van der Waals surface area contributed by atoms with Gasteiger partial charge in [0.15, 0.2) is 0 Å². The summed E-state index contributed by atoms with van der Waals surface area (Å²) in [5.41, 5.74) is 5.93. The van der Waals surface area contributed by atoms with Crippen molar-refractivity contribution in [1.82, 2.24) is 10.6 Å². The summed E-state index contributed by atoms with van der Waals surface area (Å²) in [5, 5.41) is 19.1. The van der Waals surface area contributed by atoms with E-state index in [0.29, 0.717) is 6.61 Å². The second kappa shape index (κ2) is 16.2. The maximum atomic E-state index is 11.4. The molecule has 0 saturated carbocycles. The van der Waals surface area contributed by atoms with Crippen LogP contribution in [0.4, 0.5) is 0 Å². The number of nitrogens with one attached hydrogen (secondary N) is 2. The molecule has 4 nitrogen and oxygen atoms in total. The SMILES string of the molecule is C=CC(C(=C)C)c1ccc2c(c1)C(C(CC)C(O)/C=C/CCNC)CNCC(c1ccc(Cl)cc1CCC)CO2. The van der Waals surface area contributed by atoms with E-state index in [1.807, 2.05) is 32.2 Å². The number of rotatable bonds is 13. The number of allylic oxidation sites excluding steroid dienone is 2. The Morgan fingerprint density at radius 2 is 2.00 bits per heavy atom. The molecule has 5 heteroatoms. The predicted octanol–water partition coefficient (Wildman–Crippen LogP) is 7.54. The van der Waals surface area contributed by atoms with Crippen LogP contribution in [0.25, 0.3) is 0 Å². The minimum atomic E-state index is -0.550. The Hall–Kier alpha value is -2.37. The van der Waals surface area contributed by atoms with Gasteiger partial charge in [-0.3, -0.25) is 0 Å². The lowest BCUT2D eigenvalue weighted by Gasteiger charge is -2.31. The van der Waals surface area contributed by atoms with Crippen molar-refractivity contribution in [3.63, 3.8) is 0 Å². The van der Waals surface area contributed by atoms with Gasteiger partial charge in [0, 0.05) is 35.9 Å². The number of fused-ring (bicyclic) bond motifs is 1. The molecule has 218 valence electrons. The third-order valence-corrected chi connectivity index (χ3v) is 8.37. The van der Waals surface area contributed by atoms with Crippen LogP contribution in [0.1, 0.15) is 80.0 Å². The van der Waals surface area contributed by atoms with Gasteiger partial charge in [0.25, 0.3) is 0 Å². The normalized spacial score (nSPS) is 19.9. The number of aliphatic hydroxyl groups is 1. The number of aliphatic hydroxyl groups excluding tert-OH is 1. The van der Waals surface area contributed by atoms with Gasteiger partial charge in [-0.05, 0) is 86.1 Å². The van der Waals surface area contributed by atoms with Crippen molar-refractivity contribution in [3.05, 3.63) is 101 Å². The van der Waals surface area contributed by atoms with Crippen molar-refractivity contribution < 1.29 is 9.84 Å². The van der Waals surface area contributed by atoms with E-state index in [1.165, 1.54) is 11.1 Å². The molecule has 0 aromatic heterocycles. The summed E-state index contributed by atoms with van der Waals surface area (Å²) in [7, 11) is 1.95. The molecule has 0 amide bonds. The summed E-state index contributed by atoms with van der Waals surface area (Å²) in [6.07, 6.45) is 9.24. The van der Waals surface area contributed by atoms with Gasteiger partial charge >= 0.3 is 0 Å². The van der Waals surface area contributed by atoms with Crippen LogP contribution >= 0.6 is 11.6 Å². The fourth-order valence-corrected chi connectivity index (χ4v) is 6.18. The smallest absolute Gasteiger partial charge is 0.122 e. The number of hydrogen-bond acceptors (Lipinski definition) is 4. The van der Waals surface area contributed by atoms with Crippen molar-refractivity contribution in [2.75, 3.05) is 33.3 Å². The van der Waals surface area contributed by atoms with Crippen LogP contribution in [0.15, 0.2) is 73.4 Å². The van der Waals surface area contributed by atoms with Crippen molar-refractivity contribution in [2.45, 2.75) is 70.3 Å². The molecule has 40 heavy (non-hydrogen) atoms. The summed E-state index contributed by atoms with van der Waals surface area (Å²) in [6.45, 7) is 17.7. The Morgan fingerprint density at radius 1 is 1.20 bits per heavy atom. The zero-order valence-electron chi connectivity index (χ0n) is 24.9. The van der Waals surface area contributed by atoms with Crippen LogP contribution in [-0.4, -0.2) is 44.5 Å². The third-order valence-electron chi connectivity index (χ3n) is 8.14. The van der Waals surface area contributed by atoms with Gasteiger partial charge in [-0.2, -0.15) is 0 Å². The second-order valence-corrected chi connectivity index (χ2v) is 11.5. The van der Waals surface area contributed by atoms with E-state index in [2.05, 4.69) is 74.0 Å². The molecule has 3 N–H and O–H groups in total. The number of aryl methyl sites for hydroxylation is 1. The molecule has 0 spiro atoms. The lowest BCUT2D eigenvalue weighted by atomic mass is 9.78. The van der Waals surface area contributed by atoms with Gasteiger partial charge in [-0.15, -0.1) is 6.58 Å². The first-order chi connectivity index (χ1) is 19.3. The van der Waals surface area contributed by atoms with Crippen LogP contribution in [0, 0.1) is 5.92 Å². The molecule has 0 saturated heterocycles. The molecule has 0 bridgehead atoms. The van der Waals surface area contributed by atoms with Gasteiger partial charge in [0.05, 0.1) is 12.7 Å². The maximum Gasteiger partial charge on any atom is 0.122 e. The van der Waals surface area contributed by atoms with E-state index < -0.39 is 6.10 Å². The number of benzene rings is 2. The average molecular weight is 565 g/mol. The standard InChI is InChI=1S/C35H49ClN2O2/c1-7-12-25-19-28(36)15-16-31(25)27-21-38-22-33(30(9-3)34(39)13-10-11-18-37-6)32-20-26(29(8-2)24(4)5)14-17-35(32)40-23-27/h8,10,13-17,19-20,27,29-30,33-34,37-39H,2,4,7,9,11-12,18,21-23H2,1,3,5-6H3/b13-10+. The quantitative estimate of drug-likeness (QED) is 0.174. The summed E-state index contributed by atoms with van der Waals surface area (Å²) < 4.78 is 6.66.